The maximum atomic E-state index is 12.8. The molecule has 0 amide bonds. The SMILES string of the molecule is CCCCOC(=O)C(CC)Oc1c2ccccc2c(OC(CC)C(=O)OCCCC)c2cc(Cl)ccc12. The Bertz CT molecular complexity index is 1210. The number of hydrogen-bond acceptors (Lipinski definition) is 6. The molecule has 7 heteroatoms. The zero-order chi connectivity index (χ0) is 26.8. The summed E-state index contributed by atoms with van der Waals surface area (Å²) in [6.45, 7) is 8.59. The number of rotatable bonds is 14. The van der Waals surface area contributed by atoms with Gasteiger partial charge in [0.25, 0.3) is 0 Å². The van der Waals surface area contributed by atoms with Crippen molar-refractivity contribution in [3.05, 3.63) is 47.5 Å². The van der Waals surface area contributed by atoms with E-state index in [-0.39, 0.29) is 5.97 Å². The standard InChI is InChI=1S/C30H37ClO6/c1-5-9-17-34-29(32)25(7-3)36-27-21-13-11-12-14-22(21)28(24-19-20(31)15-16-23(24)27)37-26(8-4)30(33)35-18-10-6-2/h11-16,19,25-26H,5-10,17-18H2,1-4H3. The average molecular weight is 529 g/mol. The van der Waals surface area contributed by atoms with Crippen molar-refractivity contribution >= 4 is 45.1 Å². The lowest BCUT2D eigenvalue weighted by Crippen LogP contribution is -2.30. The molecule has 2 atom stereocenters. The average Bonchev–Trinajstić information content (AvgIpc) is 2.90. The van der Waals surface area contributed by atoms with Crippen molar-refractivity contribution in [3.8, 4) is 11.5 Å². The highest BCUT2D eigenvalue weighted by atomic mass is 35.5. The van der Waals surface area contributed by atoms with Crippen LogP contribution < -0.4 is 9.47 Å². The maximum absolute atomic E-state index is 12.8. The van der Waals surface area contributed by atoms with Gasteiger partial charge in [0.1, 0.15) is 11.5 Å². The van der Waals surface area contributed by atoms with Crippen molar-refractivity contribution < 1.29 is 28.5 Å². The molecule has 3 aromatic rings. The molecule has 0 heterocycles. The van der Waals surface area contributed by atoms with Crippen LogP contribution in [0.4, 0.5) is 0 Å². The number of fused-ring (bicyclic) bond motifs is 2. The van der Waals surface area contributed by atoms with Crippen molar-refractivity contribution in [2.24, 2.45) is 0 Å². The molecule has 0 aromatic heterocycles. The molecule has 37 heavy (non-hydrogen) atoms. The number of benzene rings is 3. The summed E-state index contributed by atoms with van der Waals surface area (Å²) in [5.41, 5.74) is 0. The summed E-state index contributed by atoms with van der Waals surface area (Å²) in [6, 6.07) is 13.0. The van der Waals surface area contributed by atoms with E-state index in [1.54, 1.807) is 12.1 Å². The molecule has 0 bridgehead atoms. The molecule has 200 valence electrons. The number of carbonyl (C=O) groups is 2. The summed E-state index contributed by atoms with van der Waals surface area (Å²) in [4.78, 5) is 25.5. The molecule has 3 aromatic carbocycles. The Hall–Kier alpha value is -2.99. The van der Waals surface area contributed by atoms with E-state index in [1.165, 1.54) is 0 Å². The van der Waals surface area contributed by atoms with Gasteiger partial charge in [-0.1, -0.05) is 76.4 Å². The molecule has 0 aliphatic carbocycles. The van der Waals surface area contributed by atoms with E-state index in [9.17, 15) is 9.59 Å². The zero-order valence-corrected chi connectivity index (χ0v) is 22.9. The third kappa shape index (κ3) is 7.07. The third-order valence-electron chi connectivity index (χ3n) is 6.16. The second kappa shape index (κ2) is 14.1. The van der Waals surface area contributed by atoms with Gasteiger partial charge in [0.15, 0.2) is 12.2 Å². The predicted octanol–water partition coefficient (Wildman–Crippen LogP) is 7.65. The van der Waals surface area contributed by atoms with E-state index < -0.39 is 18.2 Å². The molecule has 0 fully saturated rings. The topological polar surface area (TPSA) is 71.1 Å². The van der Waals surface area contributed by atoms with Gasteiger partial charge >= 0.3 is 11.9 Å². The number of ether oxygens (including phenoxy) is 4. The summed E-state index contributed by atoms with van der Waals surface area (Å²) < 4.78 is 23.6. The molecule has 0 radical (unpaired) electrons. The van der Waals surface area contributed by atoms with Crippen LogP contribution in [0.15, 0.2) is 42.5 Å². The minimum absolute atomic E-state index is 0.363. The summed E-state index contributed by atoms with van der Waals surface area (Å²) in [6.07, 6.45) is 2.84. The van der Waals surface area contributed by atoms with Crippen LogP contribution in [0.25, 0.3) is 21.5 Å². The van der Waals surface area contributed by atoms with Crippen LogP contribution in [0.5, 0.6) is 11.5 Å². The molecule has 2 unspecified atom stereocenters. The van der Waals surface area contributed by atoms with Gasteiger partial charge in [-0.15, -0.1) is 0 Å². The fraction of sp³-hybridized carbons (Fsp3) is 0.467. The number of esters is 2. The second-order valence-electron chi connectivity index (χ2n) is 8.97. The number of halogens is 1. The van der Waals surface area contributed by atoms with E-state index >= 15 is 0 Å². The van der Waals surface area contributed by atoms with Crippen molar-refractivity contribution in [2.45, 2.75) is 78.4 Å². The quantitative estimate of drug-likeness (QED) is 0.121. The first-order valence-corrected chi connectivity index (χ1v) is 13.6. The first-order chi connectivity index (χ1) is 17.9. The van der Waals surface area contributed by atoms with Crippen LogP contribution in [0, 0.1) is 0 Å². The van der Waals surface area contributed by atoms with Crippen LogP contribution in [-0.2, 0) is 19.1 Å². The fourth-order valence-corrected chi connectivity index (χ4v) is 4.20. The number of carbonyl (C=O) groups excluding carboxylic acids is 2. The maximum Gasteiger partial charge on any atom is 0.347 e. The van der Waals surface area contributed by atoms with Crippen molar-refractivity contribution in [1.82, 2.24) is 0 Å². The fourth-order valence-electron chi connectivity index (χ4n) is 4.03. The molecule has 0 aliphatic heterocycles. The molecule has 6 nitrogen and oxygen atoms in total. The molecule has 0 saturated heterocycles. The minimum atomic E-state index is -0.772. The third-order valence-corrected chi connectivity index (χ3v) is 6.39. The Morgan fingerprint density at radius 3 is 1.62 bits per heavy atom. The number of unbranched alkanes of at least 4 members (excludes halogenated alkanes) is 2. The van der Waals surface area contributed by atoms with Crippen molar-refractivity contribution in [1.29, 1.82) is 0 Å². The highest BCUT2D eigenvalue weighted by molar-refractivity contribution is 6.31. The van der Waals surface area contributed by atoms with Crippen LogP contribution in [0.1, 0.15) is 66.2 Å². The first-order valence-electron chi connectivity index (χ1n) is 13.3. The molecular formula is C30H37ClO6. The Labute approximate surface area is 224 Å². The minimum Gasteiger partial charge on any atom is -0.477 e. The highest BCUT2D eigenvalue weighted by Crippen LogP contribution is 2.44. The lowest BCUT2D eigenvalue weighted by Gasteiger charge is -2.23. The van der Waals surface area contributed by atoms with Crippen molar-refractivity contribution in [3.63, 3.8) is 0 Å². The lowest BCUT2D eigenvalue weighted by atomic mass is 10.00. The second-order valence-corrected chi connectivity index (χ2v) is 9.40. The van der Waals surface area contributed by atoms with Crippen LogP contribution in [0.2, 0.25) is 5.02 Å². The largest absolute Gasteiger partial charge is 0.477 e. The van der Waals surface area contributed by atoms with Gasteiger partial charge in [0.05, 0.1) is 13.2 Å². The smallest absolute Gasteiger partial charge is 0.347 e. The first kappa shape index (κ1) is 28.6. The Morgan fingerprint density at radius 1 is 0.703 bits per heavy atom. The van der Waals surface area contributed by atoms with Crippen LogP contribution >= 0.6 is 11.6 Å². The molecule has 0 saturated carbocycles. The summed E-state index contributed by atoms with van der Waals surface area (Å²) in [5, 5.41) is 3.45. The Balaban J connectivity index is 2.08. The van der Waals surface area contributed by atoms with Gasteiger partial charge in [-0.3, -0.25) is 0 Å². The molecule has 0 spiro atoms. The lowest BCUT2D eigenvalue weighted by molar-refractivity contribution is -0.152. The molecule has 0 N–H and O–H groups in total. The molecule has 0 aliphatic rings. The van der Waals surface area contributed by atoms with Gasteiger partial charge < -0.3 is 18.9 Å². The molecular weight excluding hydrogens is 492 g/mol. The number of hydrogen-bond donors (Lipinski definition) is 0. The van der Waals surface area contributed by atoms with Gasteiger partial charge in [0.2, 0.25) is 0 Å². The van der Waals surface area contributed by atoms with E-state index in [1.807, 2.05) is 58.0 Å². The van der Waals surface area contributed by atoms with Crippen LogP contribution in [-0.4, -0.2) is 37.4 Å². The molecule has 3 rings (SSSR count). The zero-order valence-electron chi connectivity index (χ0n) is 22.2. The van der Waals surface area contributed by atoms with E-state index in [0.717, 1.165) is 41.8 Å². The van der Waals surface area contributed by atoms with Gasteiger partial charge in [-0.25, -0.2) is 9.59 Å². The van der Waals surface area contributed by atoms with Crippen LogP contribution in [0.3, 0.4) is 0 Å². The van der Waals surface area contributed by atoms with E-state index in [2.05, 4.69) is 0 Å². The van der Waals surface area contributed by atoms with E-state index in [4.69, 9.17) is 30.5 Å². The van der Waals surface area contributed by atoms with Gasteiger partial charge in [-0.05, 0) is 43.9 Å². The summed E-state index contributed by atoms with van der Waals surface area (Å²) in [5.74, 6) is 0.297. The van der Waals surface area contributed by atoms with Crippen molar-refractivity contribution in [2.75, 3.05) is 13.2 Å². The normalized spacial score (nSPS) is 12.8. The summed E-state index contributed by atoms with van der Waals surface area (Å²) in [7, 11) is 0. The Kier molecular flexibility index (Phi) is 10.9. The van der Waals surface area contributed by atoms with E-state index in [0.29, 0.717) is 48.0 Å². The monoisotopic (exact) mass is 528 g/mol. The predicted molar refractivity (Wildman–Crippen MR) is 148 cm³/mol. The van der Waals surface area contributed by atoms with Gasteiger partial charge in [-0.2, -0.15) is 0 Å². The van der Waals surface area contributed by atoms with Gasteiger partial charge in [0, 0.05) is 26.6 Å². The summed E-state index contributed by atoms with van der Waals surface area (Å²) >= 11 is 6.40. The highest BCUT2D eigenvalue weighted by Gasteiger charge is 2.27. The Morgan fingerprint density at radius 2 is 1.16 bits per heavy atom.